The third-order valence-electron chi connectivity index (χ3n) is 3.15. The molecule has 7 heteroatoms. The summed E-state index contributed by atoms with van der Waals surface area (Å²) in [6.45, 7) is -0.00819. The molecule has 7 nitrogen and oxygen atoms in total. The molecular weight excluding hydrogens is 198 g/mol. The van der Waals surface area contributed by atoms with E-state index in [1.807, 2.05) is 0 Å². The largest absolute Gasteiger partial charge is 0.323 e. The number of nitrogens with zero attached hydrogens (tertiary/aromatic N) is 3. The minimum Gasteiger partial charge on any atom is -0.323 e. The van der Waals surface area contributed by atoms with Gasteiger partial charge < -0.3 is 5.32 Å². The molecule has 2 rings (SSSR count). The van der Waals surface area contributed by atoms with Crippen LogP contribution in [0.2, 0.25) is 0 Å². The van der Waals surface area contributed by atoms with Gasteiger partial charge in [-0.1, -0.05) is 11.5 Å². The van der Waals surface area contributed by atoms with Crippen molar-refractivity contribution < 1.29 is 9.59 Å². The predicted molar refractivity (Wildman–Crippen MR) is 50.8 cm³/mol. The van der Waals surface area contributed by atoms with Gasteiger partial charge in [-0.05, 0) is 24.3 Å². The van der Waals surface area contributed by atoms with Gasteiger partial charge in [-0.25, -0.2) is 4.79 Å². The number of carbonyl (C=O) groups excluding carboxylic acids is 2. The standard InChI is InChI=1S/C8H11N5O2/c9-13-10-4-8(5-2-1-3-5)6(14)11-7(15)12-8/h5H,1-4H2,(H2,11,12,14,15). The van der Waals surface area contributed by atoms with Crippen LogP contribution in [-0.2, 0) is 4.79 Å². The fourth-order valence-electron chi connectivity index (χ4n) is 2.08. The van der Waals surface area contributed by atoms with E-state index >= 15 is 0 Å². The third kappa shape index (κ3) is 1.41. The summed E-state index contributed by atoms with van der Waals surface area (Å²) < 4.78 is 0. The summed E-state index contributed by atoms with van der Waals surface area (Å²) in [6, 6.07) is -0.500. The highest BCUT2D eigenvalue weighted by Gasteiger charge is 2.52. The highest BCUT2D eigenvalue weighted by atomic mass is 16.2. The van der Waals surface area contributed by atoms with Gasteiger partial charge in [0.2, 0.25) is 0 Å². The molecule has 1 atom stereocenters. The number of imide groups is 1. The molecule has 1 saturated carbocycles. The van der Waals surface area contributed by atoms with Crippen molar-refractivity contribution in [2.45, 2.75) is 24.8 Å². The average molecular weight is 209 g/mol. The number of rotatable bonds is 3. The molecule has 0 aromatic heterocycles. The second-order valence-electron chi connectivity index (χ2n) is 3.90. The van der Waals surface area contributed by atoms with Crippen molar-refractivity contribution >= 4 is 11.9 Å². The van der Waals surface area contributed by atoms with Crippen LogP contribution in [0.4, 0.5) is 4.79 Å². The molecule has 1 saturated heterocycles. The molecule has 2 N–H and O–H groups in total. The molecule has 80 valence electrons. The highest BCUT2D eigenvalue weighted by molar-refractivity contribution is 6.07. The van der Waals surface area contributed by atoms with Crippen LogP contribution in [0.5, 0.6) is 0 Å². The van der Waals surface area contributed by atoms with Crippen molar-refractivity contribution in [1.82, 2.24) is 10.6 Å². The van der Waals surface area contributed by atoms with E-state index in [4.69, 9.17) is 5.53 Å². The van der Waals surface area contributed by atoms with Gasteiger partial charge in [0.25, 0.3) is 5.91 Å². The van der Waals surface area contributed by atoms with Crippen LogP contribution in [0.3, 0.4) is 0 Å². The Labute approximate surface area is 85.8 Å². The minimum atomic E-state index is -0.998. The van der Waals surface area contributed by atoms with Gasteiger partial charge in [0.1, 0.15) is 5.54 Å². The van der Waals surface area contributed by atoms with Crippen LogP contribution in [0.1, 0.15) is 19.3 Å². The maximum atomic E-state index is 11.7. The molecule has 1 unspecified atom stereocenters. The molecule has 1 aliphatic carbocycles. The Morgan fingerprint density at radius 3 is 2.67 bits per heavy atom. The number of azide groups is 1. The summed E-state index contributed by atoms with van der Waals surface area (Å²) in [7, 11) is 0. The second-order valence-corrected chi connectivity index (χ2v) is 3.90. The van der Waals surface area contributed by atoms with Gasteiger partial charge in [-0.15, -0.1) is 0 Å². The Morgan fingerprint density at radius 2 is 2.27 bits per heavy atom. The van der Waals surface area contributed by atoms with E-state index in [9.17, 15) is 9.59 Å². The first-order valence-corrected chi connectivity index (χ1v) is 4.83. The highest BCUT2D eigenvalue weighted by Crippen LogP contribution is 2.38. The Bertz CT molecular complexity index is 358. The lowest BCUT2D eigenvalue weighted by molar-refractivity contribution is -0.126. The Balaban J connectivity index is 2.25. The van der Waals surface area contributed by atoms with Crippen LogP contribution in [-0.4, -0.2) is 24.0 Å². The van der Waals surface area contributed by atoms with E-state index in [0.29, 0.717) is 0 Å². The second kappa shape index (κ2) is 3.43. The van der Waals surface area contributed by atoms with Crippen LogP contribution in [0, 0.1) is 5.92 Å². The fraction of sp³-hybridized carbons (Fsp3) is 0.750. The van der Waals surface area contributed by atoms with Crippen molar-refractivity contribution in [1.29, 1.82) is 0 Å². The number of amides is 3. The molecule has 2 fully saturated rings. The molecule has 3 amide bonds. The van der Waals surface area contributed by atoms with E-state index in [0.717, 1.165) is 19.3 Å². The summed E-state index contributed by atoms with van der Waals surface area (Å²) in [5.74, 6) is -0.279. The minimum absolute atomic E-state index is 0.00819. The first-order valence-electron chi connectivity index (χ1n) is 4.83. The Kier molecular flexibility index (Phi) is 2.24. The summed E-state index contributed by atoms with van der Waals surface area (Å²) >= 11 is 0. The van der Waals surface area contributed by atoms with Crippen LogP contribution < -0.4 is 10.6 Å². The van der Waals surface area contributed by atoms with Gasteiger partial charge in [0, 0.05) is 4.91 Å². The van der Waals surface area contributed by atoms with E-state index in [1.165, 1.54) is 0 Å². The van der Waals surface area contributed by atoms with Gasteiger partial charge in [0.15, 0.2) is 0 Å². The van der Waals surface area contributed by atoms with Crippen molar-refractivity contribution in [2.75, 3.05) is 6.54 Å². The number of urea groups is 1. The molecule has 2 aliphatic rings. The van der Waals surface area contributed by atoms with Gasteiger partial charge in [0.05, 0.1) is 6.54 Å². The SMILES string of the molecule is [N-]=[N+]=NCC1(C2CCC2)NC(=O)NC1=O. The maximum absolute atomic E-state index is 11.7. The summed E-state index contributed by atoms with van der Waals surface area (Å²) in [5, 5.41) is 8.20. The molecule has 1 heterocycles. The van der Waals surface area contributed by atoms with Crippen molar-refractivity contribution in [3.63, 3.8) is 0 Å². The topological polar surface area (TPSA) is 107 Å². The first-order chi connectivity index (χ1) is 7.19. The van der Waals surface area contributed by atoms with Gasteiger partial charge in [-0.2, -0.15) is 0 Å². The average Bonchev–Trinajstić information content (AvgIpc) is 2.36. The van der Waals surface area contributed by atoms with Crippen LogP contribution >= 0.6 is 0 Å². The zero-order valence-corrected chi connectivity index (χ0v) is 8.06. The van der Waals surface area contributed by atoms with Crippen molar-refractivity contribution in [3.05, 3.63) is 10.4 Å². The zero-order chi connectivity index (χ0) is 10.9. The van der Waals surface area contributed by atoms with Gasteiger partial charge in [-0.3, -0.25) is 10.1 Å². The smallest absolute Gasteiger partial charge is 0.322 e. The number of carbonyl (C=O) groups is 2. The fourth-order valence-corrected chi connectivity index (χ4v) is 2.08. The van der Waals surface area contributed by atoms with Crippen molar-refractivity contribution in [2.24, 2.45) is 11.0 Å². The number of nitrogens with one attached hydrogen (secondary N) is 2. The molecule has 0 bridgehead atoms. The zero-order valence-electron chi connectivity index (χ0n) is 8.06. The van der Waals surface area contributed by atoms with E-state index in [-0.39, 0.29) is 18.4 Å². The number of hydrogen-bond acceptors (Lipinski definition) is 3. The quantitative estimate of drug-likeness (QED) is 0.308. The monoisotopic (exact) mass is 209 g/mol. The number of hydrogen-bond donors (Lipinski definition) is 2. The van der Waals surface area contributed by atoms with Gasteiger partial charge >= 0.3 is 6.03 Å². The normalized spacial score (nSPS) is 30.1. The lowest BCUT2D eigenvalue weighted by Gasteiger charge is -2.39. The maximum Gasteiger partial charge on any atom is 0.322 e. The van der Waals surface area contributed by atoms with E-state index in [1.54, 1.807) is 0 Å². The predicted octanol–water partition coefficient (Wildman–Crippen LogP) is 0.675. The first kappa shape index (κ1) is 9.79. The molecule has 15 heavy (non-hydrogen) atoms. The molecule has 0 aromatic rings. The van der Waals surface area contributed by atoms with Crippen LogP contribution in [0.25, 0.3) is 10.4 Å². The van der Waals surface area contributed by atoms with Crippen molar-refractivity contribution in [3.8, 4) is 0 Å². The molecule has 1 aliphatic heterocycles. The summed E-state index contributed by atoms with van der Waals surface area (Å²) in [6.07, 6.45) is 2.81. The summed E-state index contributed by atoms with van der Waals surface area (Å²) in [5.41, 5.74) is 7.28. The third-order valence-corrected chi connectivity index (χ3v) is 3.15. The Morgan fingerprint density at radius 1 is 1.53 bits per heavy atom. The summed E-state index contributed by atoms with van der Waals surface area (Å²) in [4.78, 5) is 25.4. The molecular formula is C8H11N5O2. The van der Waals surface area contributed by atoms with E-state index < -0.39 is 11.6 Å². The lowest BCUT2D eigenvalue weighted by Crippen LogP contribution is -2.57. The molecule has 0 spiro atoms. The molecule has 0 radical (unpaired) electrons. The Hall–Kier alpha value is -1.75. The lowest BCUT2D eigenvalue weighted by atomic mass is 9.70. The van der Waals surface area contributed by atoms with E-state index in [2.05, 4.69) is 20.7 Å². The van der Waals surface area contributed by atoms with Crippen LogP contribution in [0.15, 0.2) is 5.11 Å². The molecule has 0 aromatic carbocycles.